The lowest BCUT2D eigenvalue weighted by molar-refractivity contribution is -0.137. The minimum Gasteiger partial charge on any atom is -0.481 e. The van der Waals surface area contributed by atoms with Gasteiger partial charge in [-0.05, 0) is 38.5 Å². The number of amides is 2. The lowest BCUT2D eigenvalue weighted by Crippen LogP contribution is -2.43. The summed E-state index contributed by atoms with van der Waals surface area (Å²) in [6.45, 7) is 2.47. The van der Waals surface area contributed by atoms with Crippen molar-refractivity contribution >= 4 is 12.0 Å². The van der Waals surface area contributed by atoms with Crippen molar-refractivity contribution in [2.24, 2.45) is 0 Å². The smallest absolute Gasteiger partial charge is 0.315 e. The van der Waals surface area contributed by atoms with Crippen molar-refractivity contribution < 1.29 is 14.7 Å². The monoisotopic (exact) mass is 268 g/mol. The van der Waals surface area contributed by atoms with Crippen LogP contribution in [0.3, 0.4) is 0 Å². The molecule has 0 saturated heterocycles. The summed E-state index contributed by atoms with van der Waals surface area (Å²) in [5, 5.41) is 14.2. The molecule has 0 aromatic heterocycles. The molecule has 5 nitrogen and oxygen atoms in total. The zero-order valence-corrected chi connectivity index (χ0v) is 11.6. The van der Waals surface area contributed by atoms with Gasteiger partial charge in [-0.1, -0.05) is 18.6 Å². The van der Waals surface area contributed by atoms with E-state index in [1.165, 1.54) is 18.4 Å². The second-order valence-electron chi connectivity index (χ2n) is 4.96. The molecule has 2 amide bonds. The lowest BCUT2D eigenvalue weighted by atomic mass is 9.97. The van der Waals surface area contributed by atoms with E-state index in [1.54, 1.807) is 0 Å². The molecular formula is C14H24N2O3. The first kappa shape index (κ1) is 15.5. The third-order valence-electron chi connectivity index (χ3n) is 3.37. The molecule has 108 valence electrons. The normalized spacial score (nSPS) is 16.4. The molecular weight excluding hydrogens is 244 g/mol. The Labute approximate surface area is 114 Å². The summed E-state index contributed by atoms with van der Waals surface area (Å²) in [4.78, 5) is 22.2. The number of hydrogen-bond donors (Lipinski definition) is 3. The highest BCUT2D eigenvalue weighted by Crippen LogP contribution is 2.19. The van der Waals surface area contributed by atoms with Gasteiger partial charge in [0.15, 0.2) is 0 Å². The van der Waals surface area contributed by atoms with Gasteiger partial charge in [0, 0.05) is 12.6 Å². The number of carbonyl (C=O) groups is 2. The van der Waals surface area contributed by atoms with Crippen LogP contribution in [0, 0.1) is 0 Å². The first-order chi connectivity index (χ1) is 9.11. The van der Waals surface area contributed by atoms with Crippen molar-refractivity contribution in [1.82, 2.24) is 10.6 Å². The lowest BCUT2D eigenvalue weighted by Gasteiger charge is -2.16. The average Bonchev–Trinajstić information content (AvgIpc) is 2.38. The molecule has 1 aliphatic rings. The Bertz CT molecular complexity index is 340. The van der Waals surface area contributed by atoms with Gasteiger partial charge in [0.1, 0.15) is 0 Å². The van der Waals surface area contributed by atoms with Crippen LogP contribution in [-0.4, -0.2) is 29.7 Å². The number of hydrogen-bond acceptors (Lipinski definition) is 2. The minimum atomic E-state index is -0.889. The molecule has 0 bridgehead atoms. The molecule has 1 unspecified atom stereocenters. The molecule has 1 aliphatic carbocycles. The van der Waals surface area contributed by atoms with Crippen molar-refractivity contribution in [2.45, 2.75) is 57.9 Å². The predicted octanol–water partition coefficient (Wildman–Crippen LogP) is 2.43. The van der Waals surface area contributed by atoms with Crippen molar-refractivity contribution in [3.8, 4) is 0 Å². The summed E-state index contributed by atoms with van der Waals surface area (Å²) >= 11 is 0. The summed E-state index contributed by atoms with van der Waals surface area (Å²) in [6.07, 6.45) is 8.54. The number of carboxylic acid groups (broad SMARTS) is 1. The number of rotatable bonds is 7. The maximum atomic E-state index is 11.6. The van der Waals surface area contributed by atoms with Gasteiger partial charge in [-0.3, -0.25) is 4.79 Å². The maximum absolute atomic E-state index is 11.6. The molecule has 0 heterocycles. The first-order valence-electron chi connectivity index (χ1n) is 7.06. The first-order valence-corrected chi connectivity index (χ1v) is 7.06. The van der Waals surface area contributed by atoms with Crippen molar-refractivity contribution in [1.29, 1.82) is 0 Å². The third kappa shape index (κ3) is 6.84. The highest BCUT2D eigenvalue weighted by Gasteiger charge is 2.13. The van der Waals surface area contributed by atoms with E-state index in [0.29, 0.717) is 13.0 Å². The standard InChI is InChI=1S/C14H24N2O3/c1-2-12(10-13(17)18)16-14(19)15-9-8-11-6-4-3-5-7-11/h6,12H,2-5,7-10H2,1H3,(H,17,18)(H2,15,16,19). The maximum Gasteiger partial charge on any atom is 0.315 e. The Morgan fingerprint density at radius 3 is 2.79 bits per heavy atom. The molecule has 19 heavy (non-hydrogen) atoms. The van der Waals surface area contributed by atoms with Crippen LogP contribution in [0.25, 0.3) is 0 Å². The van der Waals surface area contributed by atoms with Gasteiger partial charge in [0.25, 0.3) is 0 Å². The minimum absolute atomic E-state index is 0.0327. The van der Waals surface area contributed by atoms with Crippen LogP contribution in [0.2, 0.25) is 0 Å². The molecule has 0 aromatic rings. The highest BCUT2D eigenvalue weighted by molar-refractivity contribution is 5.75. The number of allylic oxidation sites excluding steroid dienone is 1. The van der Waals surface area contributed by atoms with Gasteiger partial charge in [-0.25, -0.2) is 4.79 Å². The summed E-state index contributed by atoms with van der Waals surface area (Å²) in [5.74, 6) is -0.889. The van der Waals surface area contributed by atoms with E-state index in [0.717, 1.165) is 19.3 Å². The fourth-order valence-corrected chi connectivity index (χ4v) is 2.21. The van der Waals surface area contributed by atoms with Gasteiger partial charge >= 0.3 is 12.0 Å². The fourth-order valence-electron chi connectivity index (χ4n) is 2.21. The SMILES string of the molecule is CCC(CC(=O)O)NC(=O)NCCC1=CCCCC1. The molecule has 3 N–H and O–H groups in total. The van der Waals surface area contributed by atoms with E-state index in [4.69, 9.17) is 5.11 Å². The van der Waals surface area contributed by atoms with Crippen molar-refractivity contribution in [3.05, 3.63) is 11.6 Å². The van der Waals surface area contributed by atoms with E-state index in [9.17, 15) is 9.59 Å². The van der Waals surface area contributed by atoms with Crippen LogP contribution in [0.5, 0.6) is 0 Å². The van der Waals surface area contributed by atoms with E-state index >= 15 is 0 Å². The summed E-state index contributed by atoms with van der Waals surface area (Å²) in [5.41, 5.74) is 1.42. The zero-order chi connectivity index (χ0) is 14.1. The van der Waals surface area contributed by atoms with Crippen LogP contribution in [-0.2, 0) is 4.79 Å². The van der Waals surface area contributed by atoms with E-state index < -0.39 is 5.97 Å². The third-order valence-corrected chi connectivity index (χ3v) is 3.37. The van der Waals surface area contributed by atoms with Crippen LogP contribution in [0.4, 0.5) is 4.79 Å². The Balaban J connectivity index is 2.19. The predicted molar refractivity (Wildman–Crippen MR) is 74.0 cm³/mol. The van der Waals surface area contributed by atoms with E-state index in [2.05, 4.69) is 16.7 Å². The molecule has 0 radical (unpaired) electrons. The van der Waals surface area contributed by atoms with Gasteiger partial charge < -0.3 is 15.7 Å². The Morgan fingerprint density at radius 2 is 2.21 bits per heavy atom. The molecule has 0 spiro atoms. The number of carboxylic acids is 1. The molecule has 0 aromatic carbocycles. The van der Waals surface area contributed by atoms with Gasteiger partial charge in [0.05, 0.1) is 6.42 Å². The second kappa shape index (κ2) is 8.56. The molecule has 0 fully saturated rings. The molecule has 1 atom stereocenters. The quantitative estimate of drug-likeness (QED) is 0.620. The number of urea groups is 1. The number of aliphatic carboxylic acids is 1. The second-order valence-corrected chi connectivity index (χ2v) is 4.96. The summed E-state index contributed by atoms with van der Waals surface area (Å²) < 4.78 is 0. The van der Waals surface area contributed by atoms with Crippen LogP contribution in [0.1, 0.15) is 51.9 Å². The van der Waals surface area contributed by atoms with Crippen molar-refractivity contribution in [2.75, 3.05) is 6.54 Å². The largest absolute Gasteiger partial charge is 0.481 e. The van der Waals surface area contributed by atoms with Crippen LogP contribution < -0.4 is 10.6 Å². The Hall–Kier alpha value is -1.52. The fraction of sp³-hybridized carbons (Fsp3) is 0.714. The Morgan fingerprint density at radius 1 is 1.42 bits per heavy atom. The van der Waals surface area contributed by atoms with E-state index in [1.807, 2.05) is 6.92 Å². The van der Waals surface area contributed by atoms with Gasteiger partial charge in [-0.15, -0.1) is 0 Å². The molecule has 0 aliphatic heterocycles. The number of nitrogens with one attached hydrogen (secondary N) is 2. The molecule has 5 heteroatoms. The molecule has 1 rings (SSSR count). The Kier molecular flexibility index (Phi) is 7.00. The molecule has 0 saturated carbocycles. The summed E-state index contributed by atoms with van der Waals surface area (Å²) in [7, 11) is 0. The van der Waals surface area contributed by atoms with Crippen LogP contribution >= 0.6 is 0 Å². The highest BCUT2D eigenvalue weighted by atomic mass is 16.4. The topological polar surface area (TPSA) is 78.4 Å². The van der Waals surface area contributed by atoms with Crippen molar-refractivity contribution in [3.63, 3.8) is 0 Å². The average molecular weight is 268 g/mol. The van der Waals surface area contributed by atoms with Crippen LogP contribution in [0.15, 0.2) is 11.6 Å². The number of carbonyl (C=O) groups excluding carboxylic acids is 1. The van der Waals surface area contributed by atoms with Gasteiger partial charge in [-0.2, -0.15) is 0 Å². The summed E-state index contributed by atoms with van der Waals surface area (Å²) in [6, 6.07) is -0.573. The zero-order valence-electron chi connectivity index (χ0n) is 11.6. The van der Waals surface area contributed by atoms with Gasteiger partial charge in [0.2, 0.25) is 0 Å². The van der Waals surface area contributed by atoms with E-state index in [-0.39, 0.29) is 18.5 Å².